The number of benzene rings is 1. The third-order valence-corrected chi connectivity index (χ3v) is 4.90. The minimum absolute atomic E-state index is 0.0321. The maximum Gasteiger partial charge on any atom is 0.196 e. The lowest BCUT2D eigenvalue weighted by Crippen LogP contribution is -2.21. The molecule has 0 unspecified atom stereocenters. The third kappa shape index (κ3) is 3.46. The van der Waals surface area contributed by atoms with Gasteiger partial charge in [0, 0.05) is 12.0 Å². The predicted octanol–water partition coefficient (Wildman–Crippen LogP) is 5.15. The molecule has 124 valence electrons. The molecule has 2 nitrogen and oxygen atoms in total. The highest BCUT2D eigenvalue weighted by Gasteiger charge is 2.28. The highest BCUT2D eigenvalue weighted by atomic mass is 16.1. The number of fused-ring (bicyclic) bond motifs is 1. The smallest absolute Gasteiger partial charge is 0.196 e. The van der Waals surface area contributed by atoms with E-state index in [1.165, 1.54) is 23.1 Å². The Kier molecular flexibility index (Phi) is 5.92. The number of aryl methyl sites for hydroxylation is 1. The van der Waals surface area contributed by atoms with Gasteiger partial charge in [-0.25, -0.2) is 0 Å². The van der Waals surface area contributed by atoms with Crippen molar-refractivity contribution in [2.75, 3.05) is 0 Å². The first kappa shape index (κ1) is 17.7. The fourth-order valence-electron chi connectivity index (χ4n) is 3.72. The van der Waals surface area contributed by atoms with Crippen molar-refractivity contribution in [3.63, 3.8) is 0 Å². The van der Waals surface area contributed by atoms with Gasteiger partial charge in [-0.05, 0) is 69.1 Å². The van der Waals surface area contributed by atoms with Gasteiger partial charge < -0.3 is 0 Å². The lowest BCUT2D eigenvalue weighted by atomic mass is 9.80. The zero-order chi connectivity index (χ0) is 17.0. The van der Waals surface area contributed by atoms with Crippen molar-refractivity contribution >= 4 is 11.6 Å². The number of hydrogen-bond donors (Lipinski definition) is 0. The van der Waals surface area contributed by atoms with Gasteiger partial charge in [0.1, 0.15) is 0 Å². The Morgan fingerprint density at radius 2 is 1.52 bits per heavy atom. The van der Waals surface area contributed by atoms with Gasteiger partial charge in [0.2, 0.25) is 0 Å². The van der Waals surface area contributed by atoms with E-state index in [-0.39, 0.29) is 11.6 Å². The van der Waals surface area contributed by atoms with E-state index in [4.69, 9.17) is 0 Å². The standard InChI is InChI=1S/C19H22O2.C2H6/c1-12-10-11-16(15-8-4-3-7-14(12)15)19(21)18-13(2)6-5-9-17(18)20;1-2/h10-11H,3-9H2,1-2H3;1-2H3. The second-order valence-electron chi connectivity index (χ2n) is 6.36. The second-order valence-corrected chi connectivity index (χ2v) is 6.36. The lowest BCUT2D eigenvalue weighted by molar-refractivity contribution is -0.115. The van der Waals surface area contributed by atoms with Crippen LogP contribution in [-0.4, -0.2) is 11.6 Å². The molecule has 23 heavy (non-hydrogen) atoms. The molecular weight excluding hydrogens is 284 g/mol. The second kappa shape index (κ2) is 7.72. The summed E-state index contributed by atoms with van der Waals surface area (Å²) < 4.78 is 0. The average Bonchev–Trinajstić information content (AvgIpc) is 2.57. The van der Waals surface area contributed by atoms with Gasteiger partial charge in [0.25, 0.3) is 0 Å². The lowest BCUT2D eigenvalue weighted by Gasteiger charge is -2.23. The van der Waals surface area contributed by atoms with Crippen LogP contribution in [0.2, 0.25) is 0 Å². The highest BCUT2D eigenvalue weighted by Crippen LogP contribution is 2.31. The van der Waals surface area contributed by atoms with Crippen LogP contribution in [0.1, 0.15) is 79.9 Å². The van der Waals surface area contributed by atoms with Crippen molar-refractivity contribution in [3.05, 3.63) is 45.5 Å². The molecule has 2 aliphatic rings. The molecule has 0 N–H and O–H groups in total. The normalized spacial score (nSPS) is 17.3. The third-order valence-electron chi connectivity index (χ3n) is 4.90. The topological polar surface area (TPSA) is 34.1 Å². The Morgan fingerprint density at radius 3 is 2.17 bits per heavy atom. The van der Waals surface area contributed by atoms with Crippen LogP contribution in [0, 0.1) is 6.92 Å². The summed E-state index contributed by atoms with van der Waals surface area (Å²) in [6, 6.07) is 3.98. The molecule has 2 heteroatoms. The van der Waals surface area contributed by atoms with E-state index in [1.54, 1.807) is 0 Å². The first-order valence-corrected chi connectivity index (χ1v) is 8.98. The van der Waals surface area contributed by atoms with Gasteiger partial charge in [-0.3, -0.25) is 9.59 Å². The molecule has 2 aliphatic carbocycles. The summed E-state index contributed by atoms with van der Waals surface area (Å²) in [5.41, 5.74) is 6.04. The van der Waals surface area contributed by atoms with Gasteiger partial charge in [0.05, 0.1) is 5.57 Å². The Balaban J connectivity index is 0.000000924. The maximum atomic E-state index is 12.9. The number of carbonyl (C=O) groups is 2. The summed E-state index contributed by atoms with van der Waals surface area (Å²) in [6.07, 6.45) is 6.66. The van der Waals surface area contributed by atoms with Gasteiger partial charge in [-0.15, -0.1) is 0 Å². The Morgan fingerprint density at radius 1 is 0.870 bits per heavy atom. The zero-order valence-corrected chi connectivity index (χ0v) is 14.9. The number of ketones is 2. The van der Waals surface area contributed by atoms with Crippen LogP contribution < -0.4 is 0 Å². The summed E-state index contributed by atoms with van der Waals surface area (Å²) in [5.74, 6) is 0.00392. The summed E-state index contributed by atoms with van der Waals surface area (Å²) in [5, 5.41) is 0. The molecule has 0 saturated heterocycles. The quantitative estimate of drug-likeness (QED) is 0.559. The Hall–Kier alpha value is -1.70. The van der Waals surface area contributed by atoms with Crippen LogP contribution in [0.15, 0.2) is 23.3 Å². The largest absolute Gasteiger partial charge is 0.294 e. The van der Waals surface area contributed by atoms with E-state index >= 15 is 0 Å². The van der Waals surface area contributed by atoms with Gasteiger partial charge in [-0.1, -0.05) is 31.6 Å². The number of carbonyl (C=O) groups excluding carboxylic acids is 2. The summed E-state index contributed by atoms with van der Waals surface area (Å²) in [6.45, 7) is 8.06. The maximum absolute atomic E-state index is 12.9. The van der Waals surface area contributed by atoms with E-state index in [2.05, 4.69) is 6.92 Å². The van der Waals surface area contributed by atoms with E-state index in [0.29, 0.717) is 12.0 Å². The van der Waals surface area contributed by atoms with E-state index in [1.807, 2.05) is 32.9 Å². The molecule has 0 spiro atoms. The van der Waals surface area contributed by atoms with E-state index in [0.717, 1.165) is 43.2 Å². The molecule has 0 fully saturated rings. The molecule has 3 rings (SSSR count). The van der Waals surface area contributed by atoms with Crippen molar-refractivity contribution < 1.29 is 9.59 Å². The van der Waals surface area contributed by atoms with Crippen molar-refractivity contribution in [1.29, 1.82) is 0 Å². The van der Waals surface area contributed by atoms with Crippen molar-refractivity contribution in [2.45, 2.75) is 72.6 Å². The molecule has 0 atom stereocenters. The predicted molar refractivity (Wildman–Crippen MR) is 95.1 cm³/mol. The molecule has 0 amide bonds. The molecule has 1 aromatic rings. The molecule has 0 heterocycles. The summed E-state index contributed by atoms with van der Waals surface area (Å²) in [7, 11) is 0. The van der Waals surface area contributed by atoms with Gasteiger partial charge in [0.15, 0.2) is 11.6 Å². The summed E-state index contributed by atoms with van der Waals surface area (Å²) >= 11 is 0. The fraction of sp³-hybridized carbons (Fsp3) is 0.524. The van der Waals surface area contributed by atoms with E-state index in [9.17, 15) is 9.59 Å². The number of allylic oxidation sites excluding steroid dienone is 2. The van der Waals surface area contributed by atoms with Crippen LogP contribution in [-0.2, 0) is 17.6 Å². The monoisotopic (exact) mass is 312 g/mol. The molecule has 0 aromatic heterocycles. The first-order valence-electron chi connectivity index (χ1n) is 8.98. The minimum atomic E-state index is -0.0321. The minimum Gasteiger partial charge on any atom is -0.294 e. The summed E-state index contributed by atoms with van der Waals surface area (Å²) in [4.78, 5) is 25.1. The van der Waals surface area contributed by atoms with Gasteiger partial charge >= 0.3 is 0 Å². The molecular formula is C21H28O2. The zero-order valence-electron chi connectivity index (χ0n) is 14.9. The van der Waals surface area contributed by atoms with Crippen molar-refractivity contribution in [3.8, 4) is 0 Å². The Bertz CT molecular complexity index is 650. The Labute approximate surface area is 140 Å². The van der Waals surface area contributed by atoms with Crippen LogP contribution in [0.4, 0.5) is 0 Å². The molecule has 0 radical (unpaired) electrons. The van der Waals surface area contributed by atoms with Crippen LogP contribution in [0.5, 0.6) is 0 Å². The highest BCUT2D eigenvalue weighted by molar-refractivity contribution is 6.27. The van der Waals surface area contributed by atoms with Crippen molar-refractivity contribution in [2.24, 2.45) is 0 Å². The van der Waals surface area contributed by atoms with Crippen LogP contribution >= 0.6 is 0 Å². The van der Waals surface area contributed by atoms with E-state index < -0.39 is 0 Å². The molecule has 0 saturated carbocycles. The molecule has 0 bridgehead atoms. The molecule has 1 aromatic carbocycles. The van der Waals surface area contributed by atoms with Crippen LogP contribution in [0.3, 0.4) is 0 Å². The number of Topliss-reactive ketones (excluding diaryl/α,β-unsaturated/α-hetero) is 2. The first-order chi connectivity index (χ1) is 11.1. The number of hydrogen-bond acceptors (Lipinski definition) is 2. The fourth-order valence-corrected chi connectivity index (χ4v) is 3.72. The van der Waals surface area contributed by atoms with Gasteiger partial charge in [-0.2, -0.15) is 0 Å². The average molecular weight is 312 g/mol. The van der Waals surface area contributed by atoms with Crippen molar-refractivity contribution in [1.82, 2.24) is 0 Å². The number of rotatable bonds is 2. The van der Waals surface area contributed by atoms with Crippen LogP contribution in [0.25, 0.3) is 0 Å². The molecule has 0 aliphatic heterocycles. The SMILES string of the molecule is CC.CC1=C(C(=O)c2ccc(C)c3c2CCCC3)C(=O)CCC1.